The Bertz CT molecular complexity index is 643. The lowest BCUT2D eigenvalue weighted by molar-refractivity contribution is -0.146. The van der Waals surface area contributed by atoms with E-state index in [1.54, 1.807) is 0 Å². The highest BCUT2D eigenvalue weighted by molar-refractivity contribution is 8.09. The third kappa shape index (κ3) is 4.03. The molecule has 130 valence electrons. The molecule has 7 heteroatoms. The van der Waals surface area contributed by atoms with Crippen molar-refractivity contribution in [1.29, 1.82) is 0 Å². The number of nitrogen functional groups attached to an aromatic ring is 1. The van der Waals surface area contributed by atoms with Crippen molar-refractivity contribution in [2.45, 2.75) is 25.3 Å². The number of nitrogens with zero attached hydrogens (tertiary/aromatic N) is 1. The summed E-state index contributed by atoms with van der Waals surface area (Å²) in [6.45, 7) is 3.73. The minimum absolute atomic E-state index is 0.0531. The fraction of sp³-hybridized carbons (Fsp3) is 0.412. The van der Waals surface area contributed by atoms with Crippen LogP contribution >= 0.6 is 11.8 Å². The van der Waals surface area contributed by atoms with Gasteiger partial charge in [-0.3, -0.25) is 4.79 Å². The molecule has 0 aliphatic carbocycles. The monoisotopic (exact) mass is 349 g/mol. The van der Waals surface area contributed by atoms with Gasteiger partial charge in [0, 0.05) is 23.8 Å². The van der Waals surface area contributed by atoms with Gasteiger partial charge in [-0.05, 0) is 23.6 Å². The summed E-state index contributed by atoms with van der Waals surface area (Å²) in [6.07, 6.45) is 1.92. The highest BCUT2D eigenvalue weighted by Gasteiger charge is 2.33. The number of amides is 1. The summed E-state index contributed by atoms with van der Waals surface area (Å²) in [5, 5.41) is 2.36. The van der Waals surface area contributed by atoms with Gasteiger partial charge in [0.05, 0.1) is 7.11 Å². The SMILES string of the molecule is COC(=O)C(NC(=O)C1SC(c2ccc(N)cc2)=CN1C)C(C)C. The van der Waals surface area contributed by atoms with E-state index in [0.717, 1.165) is 10.5 Å². The molecule has 0 aromatic heterocycles. The maximum Gasteiger partial charge on any atom is 0.328 e. The molecule has 6 nitrogen and oxygen atoms in total. The summed E-state index contributed by atoms with van der Waals surface area (Å²) >= 11 is 1.44. The standard InChI is InChI=1S/C17H23N3O3S/c1-10(2)14(17(22)23-4)19-15(21)16-20(3)9-13(24-16)11-5-7-12(18)8-6-11/h5-10,14,16H,18H2,1-4H3,(H,19,21). The summed E-state index contributed by atoms with van der Waals surface area (Å²) < 4.78 is 4.77. The number of ether oxygens (including phenoxy) is 1. The predicted octanol–water partition coefficient (Wildman–Crippen LogP) is 1.89. The van der Waals surface area contributed by atoms with Crippen LogP contribution in [-0.4, -0.2) is 42.3 Å². The van der Waals surface area contributed by atoms with Crippen molar-refractivity contribution in [3.05, 3.63) is 36.0 Å². The van der Waals surface area contributed by atoms with Crippen LogP contribution in [0.5, 0.6) is 0 Å². The van der Waals surface area contributed by atoms with Crippen molar-refractivity contribution in [2.24, 2.45) is 5.92 Å². The maximum atomic E-state index is 12.6. The number of nitrogens with two attached hydrogens (primary N) is 1. The first-order valence-corrected chi connectivity index (χ1v) is 8.56. The Hall–Kier alpha value is -2.15. The molecule has 0 saturated heterocycles. The lowest BCUT2D eigenvalue weighted by Crippen LogP contribution is -2.50. The van der Waals surface area contributed by atoms with E-state index in [4.69, 9.17) is 10.5 Å². The third-order valence-corrected chi connectivity index (χ3v) is 5.13. The molecule has 0 radical (unpaired) electrons. The number of nitrogens with one attached hydrogen (secondary N) is 1. The highest BCUT2D eigenvalue weighted by atomic mass is 32.2. The first-order chi connectivity index (χ1) is 11.3. The fourth-order valence-electron chi connectivity index (χ4n) is 2.36. The Morgan fingerprint density at radius 1 is 1.29 bits per heavy atom. The fourth-order valence-corrected chi connectivity index (χ4v) is 3.51. The number of likely N-dealkylation sites (N-methyl/N-ethyl adjacent to an activating group) is 1. The molecule has 0 fully saturated rings. The molecule has 1 aromatic carbocycles. The zero-order valence-corrected chi connectivity index (χ0v) is 15.1. The Morgan fingerprint density at radius 3 is 2.46 bits per heavy atom. The number of hydrogen-bond acceptors (Lipinski definition) is 6. The topological polar surface area (TPSA) is 84.7 Å². The number of anilines is 1. The molecule has 2 atom stereocenters. The molecular formula is C17H23N3O3S. The first-order valence-electron chi connectivity index (χ1n) is 7.68. The van der Waals surface area contributed by atoms with Crippen LogP contribution in [0.1, 0.15) is 19.4 Å². The largest absolute Gasteiger partial charge is 0.467 e. The first kappa shape index (κ1) is 18.2. The highest BCUT2D eigenvalue weighted by Crippen LogP contribution is 2.39. The van der Waals surface area contributed by atoms with Gasteiger partial charge in [0.15, 0.2) is 5.37 Å². The summed E-state index contributed by atoms with van der Waals surface area (Å²) in [5.74, 6) is -0.702. The van der Waals surface area contributed by atoms with Crippen LogP contribution in [-0.2, 0) is 14.3 Å². The van der Waals surface area contributed by atoms with Crippen LogP contribution in [0.25, 0.3) is 4.91 Å². The molecule has 1 aliphatic rings. The van der Waals surface area contributed by atoms with Gasteiger partial charge in [0.2, 0.25) is 0 Å². The van der Waals surface area contributed by atoms with E-state index < -0.39 is 17.4 Å². The smallest absolute Gasteiger partial charge is 0.328 e. The van der Waals surface area contributed by atoms with E-state index in [1.165, 1.54) is 18.9 Å². The molecule has 2 unspecified atom stereocenters. The van der Waals surface area contributed by atoms with Crippen molar-refractivity contribution in [3.8, 4) is 0 Å². The number of methoxy groups -OCH3 is 1. The van der Waals surface area contributed by atoms with Crippen molar-refractivity contribution in [1.82, 2.24) is 10.2 Å². The number of carbonyl (C=O) groups is 2. The average Bonchev–Trinajstić information content (AvgIpc) is 2.94. The van der Waals surface area contributed by atoms with Crippen molar-refractivity contribution >= 4 is 34.2 Å². The van der Waals surface area contributed by atoms with E-state index in [2.05, 4.69) is 5.32 Å². The second-order valence-electron chi connectivity index (χ2n) is 6.00. The van der Waals surface area contributed by atoms with Gasteiger partial charge in [-0.1, -0.05) is 37.7 Å². The molecule has 2 rings (SSSR count). The van der Waals surface area contributed by atoms with Gasteiger partial charge in [0.1, 0.15) is 6.04 Å². The molecular weight excluding hydrogens is 326 g/mol. The second kappa shape index (κ2) is 7.61. The van der Waals surface area contributed by atoms with Gasteiger partial charge in [0.25, 0.3) is 5.91 Å². The van der Waals surface area contributed by atoms with Gasteiger partial charge in [-0.2, -0.15) is 0 Å². The third-order valence-electron chi connectivity index (χ3n) is 3.77. The summed E-state index contributed by atoms with van der Waals surface area (Å²) in [7, 11) is 3.16. The van der Waals surface area contributed by atoms with Crippen molar-refractivity contribution in [3.63, 3.8) is 0 Å². The number of carbonyl (C=O) groups excluding carboxylic acids is 2. The predicted molar refractivity (Wildman–Crippen MR) is 96.8 cm³/mol. The molecule has 24 heavy (non-hydrogen) atoms. The van der Waals surface area contributed by atoms with Gasteiger partial charge < -0.3 is 20.7 Å². The molecule has 1 aromatic rings. The van der Waals surface area contributed by atoms with Gasteiger partial charge >= 0.3 is 5.97 Å². The second-order valence-corrected chi connectivity index (χ2v) is 7.13. The Labute approximate surface area is 146 Å². The van der Waals surface area contributed by atoms with Crippen LogP contribution in [0.4, 0.5) is 5.69 Å². The Kier molecular flexibility index (Phi) is 5.77. The number of thioether (sulfide) groups is 1. The van der Waals surface area contributed by atoms with Crippen molar-refractivity contribution < 1.29 is 14.3 Å². The number of esters is 1. The summed E-state index contributed by atoms with van der Waals surface area (Å²) in [6, 6.07) is 6.85. The molecule has 1 heterocycles. The van der Waals surface area contributed by atoms with E-state index in [-0.39, 0.29) is 11.8 Å². The van der Waals surface area contributed by atoms with Crippen molar-refractivity contribution in [2.75, 3.05) is 19.9 Å². The summed E-state index contributed by atoms with van der Waals surface area (Å²) in [5.41, 5.74) is 7.41. The number of benzene rings is 1. The molecule has 0 saturated carbocycles. The summed E-state index contributed by atoms with van der Waals surface area (Å²) in [4.78, 5) is 27.2. The lowest BCUT2D eigenvalue weighted by Gasteiger charge is -2.24. The lowest BCUT2D eigenvalue weighted by atomic mass is 10.0. The minimum atomic E-state index is -0.655. The molecule has 1 aliphatic heterocycles. The van der Waals surface area contributed by atoms with E-state index in [0.29, 0.717) is 5.69 Å². The number of rotatable bonds is 5. The van der Waals surface area contributed by atoms with E-state index >= 15 is 0 Å². The van der Waals surface area contributed by atoms with Crippen LogP contribution < -0.4 is 11.1 Å². The van der Waals surface area contributed by atoms with Crippen LogP contribution in [0.3, 0.4) is 0 Å². The van der Waals surface area contributed by atoms with Gasteiger partial charge in [-0.15, -0.1) is 0 Å². The molecule has 3 N–H and O–H groups in total. The number of hydrogen-bond donors (Lipinski definition) is 2. The zero-order valence-electron chi connectivity index (χ0n) is 14.3. The average molecular weight is 349 g/mol. The zero-order chi connectivity index (χ0) is 17.9. The Morgan fingerprint density at radius 2 is 1.92 bits per heavy atom. The molecule has 0 bridgehead atoms. The minimum Gasteiger partial charge on any atom is -0.467 e. The molecule has 1 amide bonds. The Balaban J connectivity index is 2.07. The van der Waals surface area contributed by atoms with Crippen LogP contribution in [0.2, 0.25) is 0 Å². The van der Waals surface area contributed by atoms with E-state index in [1.807, 2.05) is 56.3 Å². The maximum absolute atomic E-state index is 12.6. The van der Waals surface area contributed by atoms with E-state index in [9.17, 15) is 9.59 Å². The van der Waals surface area contributed by atoms with Crippen LogP contribution in [0.15, 0.2) is 30.5 Å². The van der Waals surface area contributed by atoms with Crippen LogP contribution in [0, 0.1) is 5.92 Å². The molecule has 0 spiro atoms. The quantitative estimate of drug-likeness (QED) is 0.624. The normalized spacial score (nSPS) is 18.3. The van der Waals surface area contributed by atoms with Gasteiger partial charge in [-0.25, -0.2) is 4.79 Å².